The number of nitrogens with one attached hydrogen (secondary N) is 1. The number of benzene rings is 1. The number of phenols is 1. The number of carbonyl (C=O) groups excluding carboxylic acids is 1. The highest BCUT2D eigenvalue weighted by atomic mass is 16.5. The van der Waals surface area contributed by atoms with Crippen molar-refractivity contribution in [2.24, 2.45) is 0 Å². The standard InChI is InChI=1S/C16H21N5O3/c1-24-15-7-12(4-5-14(15)22)8-18-16(23)20-6-2-3-13(9-20)21-11-17-10-19-21/h4-5,7,10-11,13,22H,2-3,6,8-9H2,1H3,(H,18,23). The van der Waals surface area contributed by atoms with Crippen molar-refractivity contribution in [1.29, 1.82) is 0 Å². The molecule has 0 saturated carbocycles. The van der Waals surface area contributed by atoms with E-state index < -0.39 is 0 Å². The van der Waals surface area contributed by atoms with Gasteiger partial charge >= 0.3 is 6.03 Å². The average molecular weight is 331 g/mol. The summed E-state index contributed by atoms with van der Waals surface area (Å²) in [5.41, 5.74) is 0.864. The van der Waals surface area contributed by atoms with E-state index in [1.165, 1.54) is 13.4 Å². The molecule has 1 aliphatic rings. The number of piperidine rings is 1. The van der Waals surface area contributed by atoms with Crippen molar-refractivity contribution in [2.45, 2.75) is 25.4 Å². The number of phenolic OH excluding ortho intramolecular Hbond substituents is 1. The third-order valence-corrected chi connectivity index (χ3v) is 4.18. The highest BCUT2D eigenvalue weighted by molar-refractivity contribution is 5.74. The molecule has 0 aliphatic carbocycles. The summed E-state index contributed by atoms with van der Waals surface area (Å²) in [6, 6.07) is 5.09. The van der Waals surface area contributed by atoms with Crippen molar-refractivity contribution in [3.05, 3.63) is 36.4 Å². The molecule has 0 radical (unpaired) electrons. The minimum Gasteiger partial charge on any atom is -0.504 e. The minimum absolute atomic E-state index is 0.0827. The van der Waals surface area contributed by atoms with Gasteiger partial charge in [-0.15, -0.1) is 0 Å². The number of likely N-dealkylation sites (tertiary alicyclic amines) is 1. The molecule has 128 valence electrons. The number of rotatable bonds is 4. The molecule has 1 fully saturated rings. The van der Waals surface area contributed by atoms with Crippen LogP contribution in [-0.2, 0) is 6.54 Å². The lowest BCUT2D eigenvalue weighted by Gasteiger charge is -2.32. The lowest BCUT2D eigenvalue weighted by molar-refractivity contribution is 0.163. The van der Waals surface area contributed by atoms with E-state index in [0.29, 0.717) is 18.8 Å². The Balaban J connectivity index is 1.56. The smallest absolute Gasteiger partial charge is 0.317 e. The maximum absolute atomic E-state index is 12.4. The molecule has 1 aromatic heterocycles. The van der Waals surface area contributed by atoms with Gasteiger partial charge < -0.3 is 20.1 Å². The lowest BCUT2D eigenvalue weighted by Crippen LogP contribution is -2.45. The van der Waals surface area contributed by atoms with E-state index in [0.717, 1.165) is 24.9 Å². The zero-order valence-electron chi connectivity index (χ0n) is 13.6. The van der Waals surface area contributed by atoms with Crippen molar-refractivity contribution in [2.75, 3.05) is 20.2 Å². The van der Waals surface area contributed by atoms with Gasteiger partial charge in [-0.05, 0) is 30.5 Å². The summed E-state index contributed by atoms with van der Waals surface area (Å²) in [6.45, 7) is 1.73. The first-order valence-corrected chi connectivity index (χ1v) is 7.90. The Morgan fingerprint density at radius 1 is 1.50 bits per heavy atom. The van der Waals surface area contributed by atoms with Gasteiger partial charge in [0.05, 0.1) is 13.2 Å². The highest BCUT2D eigenvalue weighted by Gasteiger charge is 2.25. The molecule has 1 unspecified atom stereocenters. The van der Waals surface area contributed by atoms with Crippen LogP contribution >= 0.6 is 0 Å². The summed E-state index contributed by atoms with van der Waals surface area (Å²) >= 11 is 0. The summed E-state index contributed by atoms with van der Waals surface area (Å²) in [7, 11) is 1.50. The second-order valence-electron chi connectivity index (χ2n) is 5.78. The van der Waals surface area contributed by atoms with Crippen LogP contribution in [0.25, 0.3) is 0 Å². The molecule has 1 aliphatic heterocycles. The van der Waals surface area contributed by atoms with E-state index in [-0.39, 0.29) is 17.8 Å². The van der Waals surface area contributed by atoms with Gasteiger partial charge in [-0.2, -0.15) is 5.10 Å². The van der Waals surface area contributed by atoms with Crippen LogP contribution in [0.1, 0.15) is 24.4 Å². The fraction of sp³-hybridized carbons (Fsp3) is 0.438. The van der Waals surface area contributed by atoms with Crippen LogP contribution in [-0.4, -0.2) is 51.0 Å². The van der Waals surface area contributed by atoms with Gasteiger partial charge in [-0.25, -0.2) is 14.5 Å². The maximum atomic E-state index is 12.4. The van der Waals surface area contributed by atoms with Crippen molar-refractivity contribution < 1.29 is 14.6 Å². The number of amides is 2. The van der Waals surface area contributed by atoms with Gasteiger partial charge in [0.1, 0.15) is 12.7 Å². The van der Waals surface area contributed by atoms with Crippen LogP contribution in [0.2, 0.25) is 0 Å². The Bertz CT molecular complexity index is 689. The van der Waals surface area contributed by atoms with Gasteiger partial charge in [-0.1, -0.05) is 6.07 Å². The van der Waals surface area contributed by atoms with E-state index in [1.807, 2.05) is 4.68 Å². The normalized spacial score (nSPS) is 17.5. The summed E-state index contributed by atoms with van der Waals surface area (Å²) in [6.07, 6.45) is 5.12. The Kier molecular flexibility index (Phi) is 4.83. The first kappa shape index (κ1) is 16.1. The van der Waals surface area contributed by atoms with Crippen molar-refractivity contribution in [3.63, 3.8) is 0 Å². The number of carbonyl (C=O) groups is 1. The molecule has 8 heteroatoms. The molecule has 24 heavy (non-hydrogen) atoms. The molecule has 2 heterocycles. The second-order valence-corrected chi connectivity index (χ2v) is 5.78. The summed E-state index contributed by atoms with van der Waals surface area (Å²) < 4.78 is 6.89. The van der Waals surface area contributed by atoms with Crippen LogP contribution in [0, 0.1) is 0 Å². The predicted octanol–water partition coefficient (Wildman–Crippen LogP) is 1.54. The van der Waals surface area contributed by atoms with E-state index >= 15 is 0 Å². The molecule has 0 spiro atoms. The van der Waals surface area contributed by atoms with Crippen LogP contribution in [0.5, 0.6) is 11.5 Å². The van der Waals surface area contributed by atoms with Crippen LogP contribution in [0.4, 0.5) is 4.79 Å². The van der Waals surface area contributed by atoms with E-state index in [4.69, 9.17) is 4.74 Å². The fourth-order valence-electron chi connectivity index (χ4n) is 2.88. The molecule has 0 bridgehead atoms. The molecule has 1 atom stereocenters. The van der Waals surface area contributed by atoms with E-state index in [2.05, 4.69) is 15.4 Å². The number of hydrogen-bond acceptors (Lipinski definition) is 5. The molecule has 2 amide bonds. The first-order valence-electron chi connectivity index (χ1n) is 7.90. The number of aromatic hydroxyl groups is 1. The van der Waals surface area contributed by atoms with Crippen LogP contribution in [0.15, 0.2) is 30.9 Å². The number of ether oxygens (including phenoxy) is 1. The minimum atomic E-state index is -0.105. The third-order valence-electron chi connectivity index (χ3n) is 4.18. The fourth-order valence-corrected chi connectivity index (χ4v) is 2.88. The number of aromatic nitrogens is 3. The van der Waals surface area contributed by atoms with Crippen LogP contribution < -0.4 is 10.1 Å². The Morgan fingerprint density at radius 3 is 3.12 bits per heavy atom. The Hall–Kier alpha value is -2.77. The number of hydrogen-bond donors (Lipinski definition) is 2. The van der Waals surface area contributed by atoms with Gasteiger partial charge in [-0.3, -0.25) is 0 Å². The maximum Gasteiger partial charge on any atom is 0.317 e. The highest BCUT2D eigenvalue weighted by Crippen LogP contribution is 2.26. The SMILES string of the molecule is COc1cc(CNC(=O)N2CCCC(n3cncn3)C2)ccc1O. The summed E-state index contributed by atoms with van der Waals surface area (Å²) in [4.78, 5) is 18.2. The van der Waals surface area contributed by atoms with Gasteiger partial charge in [0.2, 0.25) is 0 Å². The molecule has 2 N–H and O–H groups in total. The Morgan fingerprint density at radius 2 is 2.38 bits per heavy atom. The second kappa shape index (κ2) is 7.20. The van der Waals surface area contributed by atoms with Crippen LogP contribution in [0.3, 0.4) is 0 Å². The topological polar surface area (TPSA) is 92.5 Å². The number of urea groups is 1. The molecule has 3 rings (SSSR count). The van der Waals surface area contributed by atoms with Gasteiger partial charge in [0, 0.05) is 19.6 Å². The van der Waals surface area contributed by atoms with Gasteiger partial charge in [0.25, 0.3) is 0 Å². The molecular weight excluding hydrogens is 310 g/mol. The first-order chi connectivity index (χ1) is 11.7. The largest absolute Gasteiger partial charge is 0.504 e. The zero-order chi connectivity index (χ0) is 16.9. The summed E-state index contributed by atoms with van der Waals surface area (Å²) in [5.74, 6) is 0.477. The van der Waals surface area contributed by atoms with Crippen molar-refractivity contribution in [1.82, 2.24) is 25.0 Å². The monoisotopic (exact) mass is 331 g/mol. The summed E-state index contributed by atoms with van der Waals surface area (Å²) in [5, 5.41) is 16.7. The predicted molar refractivity (Wildman–Crippen MR) is 86.8 cm³/mol. The third kappa shape index (κ3) is 3.58. The number of methoxy groups -OCH3 is 1. The van der Waals surface area contributed by atoms with E-state index in [9.17, 15) is 9.90 Å². The lowest BCUT2D eigenvalue weighted by atomic mass is 10.1. The molecule has 1 aromatic carbocycles. The van der Waals surface area contributed by atoms with Crippen molar-refractivity contribution >= 4 is 6.03 Å². The molecule has 1 saturated heterocycles. The van der Waals surface area contributed by atoms with Crippen molar-refractivity contribution in [3.8, 4) is 11.5 Å². The molecular formula is C16H21N5O3. The number of nitrogens with zero attached hydrogens (tertiary/aromatic N) is 4. The molecule has 8 nitrogen and oxygen atoms in total. The molecule has 2 aromatic rings. The quantitative estimate of drug-likeness (QED) is 0.886. The average Bonchev–Trinajstić information content (AvgIpc) is 3.15. The Labute approximate surface area is 140 Å². The zero-order valence-corrected chi connectivity index (χ0v) is 13.6. The van der Waals surface area contributed by atoms with Gasteiger partial charge in [0.15, 0.2) is 11.5 Å². The van der Waals surface area contributed by atoms with E-state index in [1.54, 1.807) is 29.4 Å².